The van der Waals surface area contributed by atoms with Gasteiger partial charge in [0.15, 0.2) is 5.82 Å². The molecule has 33 heavy (non-hydrogen) atoms. The van der Waals surface area contributed by atoms with Crippen LogP contribution in [0.2, 0.25) is 0 Å². The number of carbonyl (C=O) groups is 1. The van der Waals surface area contributed by atoms with Crippen LogP contribution in [0.25, 0.3) is 11.0 Å². The van der Waals surface area contributed by atoms with Gasteiger partial charge in [-0.15, -0.1) is 0 Å². The third-order valence-electron chi connectivity index (χ3n) is 4.93. The summed E-state index contributed by atoms with van der Waals surface area (Å²) in [6, 6.07) is 9.63. The van der Waals surface area contributed by atoms with Gasteiger partial charge < -0.3 is 15.0 Å². The third-order valence-corrected chi connectivity index (χ3v) is 6.15. The highest BCUT2D eigenvalue weighted by Gasteiger charge is 2.26. The molecule has 0 saturated heterocycles. The van der Waals surface area contributed by atoms with Gasteiger partial charge in [0.05, 0.1) is 22.2 Å². The summed E-state index contributed by atoms with van der Waals surface area (Å²) in [6.07, 6.45) is 3.28. The van der Waals surface area contributed by atoms with Gasteiger partial charge in [-0.25, -0.2) is 23.0 Å². The molecule has 0 amide bonds. The van der Waals surface area contributed by atoms with Crippen LogP contribution in [0, 0.1) is 18.6 Å². The van der Waals surface area contributed by atoms with Crippen molar-refractivity contribution in [3.63, 3.8) is 0 Å². The van der Waals surface area contributed by atoms with Gasteiger partial charge in [0.25, 0.3) is 0 Å². The number of H-pyrrole nitrogens is 1. The van der Waals surface area contributed by atoms with Gasteiger partial charge in [-0.2, -0.15) is 0 Å². The van der Waals surface area contributed by atoms with E-state index in [1.807, 2.05) is 38.1 Å². The van der Waals surface area contributed by atoms with Crippen LogP contribution in [0.4, 0.5) is 26.0 Å². The fourth-order valence-corrected chi connectivity index (χ4v) is 4.31. The van der Waals surface area contributed by atoms with E-state index in [-0.39, 0.29) is 17.0 Å². The number of aromatic nitrogens is 3. The first kappa shape index (κ1) is 22.5. The number of hydrogen-bond acceptors (Lipinski definition) is 5. The quantitative estimate of drug-likeness (QED) is 0.315. The molecule has 0 radical (unpaired) electrons. The molecule has 7 nitrogen and oxygen atoms in total. The van der Waals surface area contributed by atoms with Crippen molar-refractivity contribution >= 4 is 45.0 Å². The molecule has 0 bridgehead atoms. The number of fused-ring (bicyclic) bond motifs is 1. The zero-order chi connectivity index (χ0) is 23.5. The standard InChI is InChI=1S/C23H21F2N5O2S/c1-3-9-33(32)30-17-8-7-16(24)19(20(17)25)21(31)15-11-26-22-18(15)23(28-12-27-22)29-14-6-4-5-13(2)10-14/h4-8,10-12,30H,3,9H2,1-2H3,(H2,26,27,28,29). The predicted octanol–water partition coefficient (Wildman–Crippen LogP) is 5.00. The molecule has 0 aliphatic rings. The Morgan fingerprint density at radius 1 is 1.18 bits per heavy atom. The van der Waals surface area contributed by atoms with E-state index in [1.165, 1.54) is 12.5 Å². The van der Waals surface area contributed by atoms with E-state index in [1.54, 1.807) is 0 Å². The highest BCUT2D eigenvalue weighted by molar-refractivity contribution is 7.86. The van der Waals surface area contributed by atoms with Crippen molar-refractivity contribution in [2.45, 2.75) is 20.3 Å². The second kappa shape index (κ2) is 9.45. The Kier molecular flexibility index (Phi) is 6.45. The second-order valence-corrected chi connectivity index (χ2v) is 8.71. The molecule has 2 aromatic carbocycles. The Balaban J connectivity index is 1.77. The summed E-state index contributed by atoms with van der Waals surface area (Å²) in [6.45, 7) is 3.77. The number of aryl methyl sites for hydroxylation is 1. The lowest BCUT2D eigenvalue weighted by atomic mass is 10.0. The molecule has 0 fully saturated rings. The predicted molar refractivity (Wildman–Crippen MR) is 125 cm³/mol. The molecule has 0 spiro atoms. The minimum Gasteiger partial charge on any atom is -0.345 e. The summed E-state index contributed by atoms with van der Waals surface area (Å²) < 4.78 is 44.3. The minimum atomic E-state index is -1.56. The molecule has 0 aliphatic carbocycles. The van der Waals surface area contributed by atoms with Crippen LogP contribution in [0.3, 0.4) is 0 Å². The van der Waals surface area contributed by atoms with Crippen molar-refractivity contribution in [3.05, 3.63) is 77.2 Å². The maximum absolute atomic E-state index is 15.2. The lowest BCUT2D eigenvalue weighted by molar-refractivity contribution is 0.103. The summed E-state index contributed by atoms with van der Waals surface area (Å²) in [7, 11) is -1.56. The number of halogens is 2. The van der Waals surface area contributed by atoms with Crippen molar-refractivity contribution in [2.75, 3.05) is 15.8 Å². The van der Waals surface area contributed by atoms with Crippen LogP contribution in [0.5, 0.6) is 0 Å². The van der Waals surface area contributed by atoms with E-state index in [0.29, 0.717) is 23.3 Å². The summed E-state index contributed by atoms with van der Waals surface area (Å²) in [5.74, 6) is -2.42. The highest BCUT2D eigenvalue weighted by Crippen LogP contribution is 2.31. The second-order valence-electron chi connectivity index (χ2n) is 7.41. The fraction of sp³-hybridized carbons (Fsp3) is 0.174. The van der Waals surface area contributed by atoms with Crippen LogP contribution >= 0.6 is 0 Å². The first-order valence-corrected chi connectivity index (χ1v) is 11.5. The first-order chi connectivity index (χ1) is 15.9. The smallest absolute Gasteiger partial charge is 0.201 e. The number of hydrogen-bond donors (Lipinski definition) is 3. The van der Waals surface area contributed by atoms with Gasteiger partial charge in [0, 0.05) is 17.6 Å². The lowest BCUT2D eigenvalue weighted by Gasteiger charge is -2.11. The molecular weight excluding hydrogens is 448 g/mol. The van der Waals surface area contributed by atoms with Crippen LogP contribution < -0.4 is 10.0 Å². The zero-order valence-electron chi connectivity index (χ0n) is 17.9. The number of nitrogens with one attached hydrogen (secondary N) is 3. The molecule has 2 aromatic heterocycles. The Morgan fingerprint density at radius 2 is 2.00 bits per heavy atom. The molecule has 1 unspecified atom stereocenters. The molecule has 10 heteroatoms. The number of aromatic amines is 1. The van der Waals surface area contributed by atoms with Gasteiger partial charge in [-0.05, 0) is 43.2 Å². The van der Waals surface area contributed by atoms with Crippen molar-refractivity contribution < 1.29 is 17.8 Å². The van der Waals surface area contributed by atoms with Gasteiger partial charge in [0.2, 0.25) is 5.78 Å². The topological polar surface area (TPSA) is 99.8 Å². The molecule has 4 aromatic rings. The molecular formula is C23H21F2N5O2S. The van der Waals surface area contributed by atoms with Crippen molar-refractivity contribution in [3.8, 4) is 0 Å². The third kappa shape index (κ3) is 4.61. The Morgan fingerprint density at radius 3 is 2.76 bits per heavy atom. The average Bonchev–Trinajstić information content (AvgIpc) is 3.21. The molecule has 1 atom stereocenters. The molecule has 4 rings (SSSR count). The van der Waals surface area contributed by atoms with Gasteiger partial charge in [-0.1, -0.05) is 19.1 Å². The van der Waals surface area contributed by atoms with Gasteiger partial charge in [-0.3, -0.25) is 4.79 Å². The Bertz CT molecular complexity index is 1370. The number of ketones is 1. The Hall–Kier alpha value is -3.66. The average molecular weight is 470 g/mol. The number of anilines is 3. The fourth-order valence-electron chi connectivity index (χ4n) is 3.43. The largest absolute Gasteiger partial charge is 0.345 e. The van der Waals surface area contributed by atoms with E-state index in [4.69, 9.17) is 0 Å². The van der Waals surface area contributed by atoms with Crippen LogP contribution in [0.15, 0.2) is 48.9 Å². The maximum Gasteiger partial charge on any atom is 0.201 e. The number of carbonyl (C=O) groups excluding carboxylic acids is 1. The first-order valence-electron chi connectivity index (χ1n) is 10.2. The highest BCUT2D eigenvalue weighted by atomic mass is 32.2. The van der Waals surface area contributed by atoms with E-state index < -0.39 is 34.0 Å². The normalized spacial score (nSPS) is 12.0. The van der Waals surface area contributed by atoms with Gasteiger partial charge in [0.1, 0.15) is 34.6 Å². The van der Waals surface area contributed by atoms with Crippen molar-refractivity contribution in [1.82, 2.24) is 15.0 Å². The van der Waals surface area contributed by atoms with E-state index in [2.05, 4.69) is 25.0 Å². The minimum absolute atomic E-state index is 0.00498. The van der Waals surface area contributed by atoms with Gasteiger partial charge >= 0.3 is 0 Å². The molecule has 0 aliphatic heterocycles. The SMILES string of the molecule is CCCS(=O)Nc1ccc(F)c(C(=O)c2c[nH]c3ncnc(Nc4cccc(C)c4)c23)c1F. The summed E-state index contributed by atoms with van der Waals surface area (Å²) >= 11 is 0. The summed E-state index contributed by atoms with van der Waals surface area (Å²) in [4.78, 5) is 24.5. The Labute approximate surface area is 191 Å². The molecule has 0 saturated carbocycles. The number of rotatable bonds is 8. The van der Waals surface area contributed by atoms with E-state index in [9.17, 15) is 13.4 Å². The molecule has 2 heterocycles. The van der Waals surface area contributed by atoms with Crippen LogP contribution in [0.1, 0.15) is 34.8 Å². The van der Waals surface area contributed by atoms with Crippen molar-refractivity contribution in [1.29, 1.82) is 0 Å². The number of nitrogens with zero attached hydrogens (tertiary/aromatic N) is 2. The van der Waals surface area contributed by atoms with E-state index in [0.717, 1.165) is 23.4 Å². The maximum atomic E-state index is 15.2. The van der Waals surface area contributed by atoms with Crippen LogP contribution in [-0.2, 0) is 11.0 Å². The number of benzene rings is 2. The zero-order valence-corrected chi connectivity index (χ0v) is 18.7. The monoisotopic (exact) mass is 469 g/mol. The summed E-state index contributed by atoms with van der Waals surface area (Å²) in [5.41, 5.74) is 1.13. The van der Waals surface area contributed by atoms with E-state index >= 15 is 4.39 Å². The lowest BCUT2D eigenvalue weighted by Crippen LogP contribution is -2.13. The molecule has 3 N–H and O–H groups in total. The summed E-state index contributed by atoms with van der Waals surface area (Å²) in [5, 5.41) is 3.44. The molecule has 170 valence electrons. The van der Waals surface area contributed by atoms with Crippen LogP contribution in [-0.4, -0.2) is 30.7 Å². The van der Waals surface area contributed by atoms with Crippen molar-refractivity contribution in [2.24, 2.45) is 0 Å².